The molecular formula is C9H13NO4S. The van der Waals surface area contributed by atoms with Crippen LogP contribution in [0.5, 0.6) is 0 Å². The Balaban J connectivity index is 2.97. The second-order valence-electron chi connectivity index (χ2n) is 3.71. The molecular weight excluding hydrogens is 218 g/mol. The molecule has 0 bridgehead atoms. The monoisotopic (exact) mass is 231 g/mol. The molecule has 3 atom stereocenters. The van der Waals surface area contributed by atoms with Crippen LogP contribution >= 0.6 is 12.2 Å². The van der Waals surface area contributed by atoms with Crippen molar-refractivity contribution in [3.8, 4) is 0 Å². The summed E-state index contributed by atoms with van der Waals surface area (Å²) in [6, 6.07) is -0.245. The van der Waals surface area contributed by atoms with Crippen LogP contribution in [0, 0.1) is 5.92 Å². The SMILES string of the molecule is COC(=O)C1CC(C=S)N[C@]1(C)C(=O)O. The summed E-state index contributed by atoms with van der Waals surface area (Å²) in [4.78, 5) is 22.5. The van der Waals surface area contributed by atoms with Crippen LogP contribution in [0.3, 0.4) is 0 Å². The lowest BCUT2D eigenvalue weighted by molar-refractivity contribution is -0.156. The van der Waals surface area contributed by atoms with E-state index in [1.165, 1.54) is 19.4 Å². The zero-order valence-electron chi connectivity index (χ0n) is 8.52. The number of hydrogen-bond acceptors (Lipinski definition) is 5. The number of rotatable bonds is 3. The normalized spacial score (nSPS) is 34.8. The molecule has 2 unspecified atom stereocenters. The average Bonchev–Trinajstić information content (AvgIpc) is 2.56. The van der Waals surface area contributed by atoms with E-state index in [-0.39, 0.29) is 6.04 Å². The van der Waals surface area contributed by atoms with Gasteiger partial charge in [0.25, 0.3) is 0 Å². The minimum atomic E-state index is -1.30. The van der Waals surface area contributed by atoms with E-state index in [0.717, 1.165) is 0 Å². The van der Waals surface area contributed by atoms with Crippen molar-refractivity contribution in [2.24, 2.45) is 5.92 Å². The van der Waals surface area contributed by atoms with Gasteiger partial charge >= 0.3 is 11.9 Å². The number of methoxy groups -OCH3 is 1. The van der Waals surface area contributed by atoms with Crippen LogP contribution in [0.15, 0.2) is 0 Å². The lowest BCUT2D eigenvalue weighted by Gasteiger charge is -2.24. The van der Waals surface area contributed by atoms with Crippen LogP contribution < -0.4 is 5.32 Å². The van der Waals surface area contributed by atoms with Gasteiger partial charge in [-0.2, -0.15) is 0 Å². The van der Waals surface area contributed by atoms with Gasteiger partial charge in [0.15, 0.2) is 0 Å². The second-order valence-corrected chi connectivity index (χ2v) is 3.98. The number of aliphatic carboxylic acids is 1. The number of carbonyl (C=O) groups is 2. The summed E-state index contributed by atoms with van der Waals surface area (Å²) in [6.07, 6.45) is 0.360. The van der Waals surface area contributed by atoms with E-state index in [0.29, 0.717) is 6.42 Å². The standard InChI is InChI=1S/C9H13NO4S/c1-9(8(12)13)6(7(11)14-2)3-5(4-15)10-9/h4-6,10H,3H2,1-2H3,(H,12,13)/t5?,6?,9-/m0/s1. The zero-order chi connectivity index (χ0) is 11.6. The molecule has 2 N–H and O–H groups in total. The molecule has 5 nitrogen and oxygen atoms in total. The van der Waals surface area contributed by atoms with Crippen molar-refractivity contribution in [1.29, 1.82) is 0 Å². The fourth-order valence-electron chi connectivity index (χ4n) is 1.81. The fraction of sp³-hybridized carbons (Fsp3) is 0.667. The molecule has 0 amide bonds. The molecule has 0 aromatic heterocycles. The van der Waals surface area contributed by atoms with E-state index in [1.807, 2.05) is 0 Å². The predicted octanol–water partition coefficient (Wildman–Crippen LogP) is -0.0195. The topological polar surface area (TPSA) is 75.6 Å². The van der Waals surface area contributed by atoms with Crippen LogP contribution in [0.25, 0.3) is 0 Å². The molecule has 6 heteroatoms. The molecule has 1 aliphatic rings. The van der Waals surface area contributed by atoms with Gasteiger partial charge in [-0.25, -0.2) is 0 Å². The summed E-state index contributed by atoms with van der Waals surface area (Å²) in [5, 5.41) is 13.3. The Morgan fingerprint density at radius 3 is 2.67 bits per heavy atom. The summed E-state index contributed by atoms with van der Waals surface area (Å²) in [5.41, 5.74) is -1.30. The highest BCUT2D eigenvalue weighted by Gasteiger charge is 2.52. The summed E-state index contributed by atoms with van der Waals surface area (Å²) in [7, 11) is 1.25. The quantitative estimate of drug-likeness (QED) is 0.525. The molecule has 0 aromatic rings. The molecule has 1 saturated heterocycles. The van der Waals surface area contributed by atoms with Crippen molar-refractivity contribution in [2.75, 3.05) is 7.11 Å². The van der Waals surface area contributed by atoms with Crippen molar-refractivity contribution >= 4 is 29.5 Å². The van der Waals surface area contributed by atoms with E-state index in [1.54, 1.807) is 0 Å². The van der Waals surface area contributed by atoms with Crippen LogP contribution in [0.1, 0.15) is 13.3 Å². The third-order valence-electron chi connectivity index (χ3n) is 2.77. The minimum absolute atomic E-state index is 0.245. The molecule has 1 heterocycles. The van der Waals surface area contributed by atoms with E-state index in [4.69, 9.17) is 17.3 Å². The fourth-order valence-corrected chi connectivity index (χ4v) is 1.99. The van der Waals surface area contributed by atoms with Crippen LogP contribution in [0.4, 0.5) is 0 Å². The van der Waals surface area contributed by atoms with Crippen LogP contribution in [-0.2, 0) is 14.3 Å². The number of thiocarbonyl (C=S) groups is 1. The third-order valence-corrected chi connectivity index (χ3v) is 3.09. The molecule has 15 heavy (non-hydrogen) atoms. The lowest BCUT2D eigenvalue weighted by atomic mass is 9.87. The largest absolute Gasteiger partial charge is 0.480 e. The zero-order valence-corrected chi connectivity index (χ0v) is 9.34. The number of carboxylic acids is 1. The number of carboxylic acid groups (broad SMARTS) is 1. The van der Waals surface area contributed by atoms with Gasteiger partial charge in [-0.05, 0) is 18.7 Å². The Kier molecular flexibility index (Phi) is 3.41. The van der Waals surface area contributed by atoms with E-state index in [9.17, 15) is 9.59 Å². The van der Waals surface area contributed by atoms with E-state index in [2.05, 4.69) is 10.1 Å². The number of esters is 1. The number of carbonyl (C=O) groups excluding carboxylic acids is 1. The molecule has 0 aromatic carbocycles. The van der Waals surface area contributed by atoms with Gasteiger partial charge in [0, 0.05) is 6.04 Å². The van der Waals surface area contributed by atoms with Gasteiger partial charge in [0.05, 0.1) is 13.0 Å². The second kappa shape index (κ2) is 4.24. The highest BCUT2D eigenvalue weighted by Crippen LogP contribution is 2.31. The van der Waals surface area contributed by atoms with Gasteiger partial charge in [-0.1, -0.05) is 12.2 Å². The van der Waals surface area contributed by atoms with Gasteiger partial charge in [-0.15, -0.1) is 0 Å². The number of hydrogen-bond donors (Lipinski definition) is 2. The van der Waals surface area contributed by atoms with Gasteiger partial charge in [0.2, 0.25) is 0 Å². The van der Waals surface area contributed by atoms with Crippen LogP contribution in [0.2, 0.25) is 0 Å². The molecule has 1 fully saturated rings. The first kappa shape index (κ1) is 12.1. The first-order valence-corrected chi connectivity index (χ1v) is 4.97. The van der Waals surface area contributed by atoms with Crippen LogP contribution in [-0.4, -0.2) is 41.1 Å². The maximum absolute atomic E-state index is 11.4. The highest BCUT2D eigenvalue weighted by atomic mass is 32.1. The Morgan fingerprint density at radius 1 is 1.67 bits per heavy atom. The summed E-state index contributed by atoms with van der Waals surface area (Å²) in [6.45, 7) is 1.47. The summed E-state index contributed by atoms with van der Waals surface area (Å²) in [5.74, 6) is -2.30. The predicted molar refractivity (Wildman–Crippen MR) is 56.7 cm³/mol. The molecule has 84 valence electrons. The molecule has 0 saturated carbocycles. The number of nitrogens with one attached hydrogen (secondary N) is 1. The van der Waals surface area contributed by atoms with E-state index < -0.39 is 23.4 Å². The molecule has 0 aliphatic carbocycles. The molecule has 0 radical (unpaired) electrons. The van der Waals surface area contributed by atoms with Crippen molar-refractivity contribution in [3.63, 3.8) is 0 Å². The summed E-state index contributed by atoms with van der Waals surface area (Å²) >= 11 is 4.74. The lowest BCUT2D eigenvalue weighted by Crippen LogP contribution is -2.53. The molecule has 1 rings (SSSR count). The highest BCUT2D eigenvalue weighted by molar-refractivity contribution is 7.79. The van der Waals surface area contributed by atoms with Gasteiger partial charge in [0.1, 0.15) is 5.54 Å². The van der Waals surface area contributed by atoms with Gasteiger partial charge in [-0.3, -0.25) is 14.9 Å². The maximum Gasteiger partial charge on any atom is 0.324 e. The van der Waals surface area contributed by atoms with Crippen molar-refractivity contribution in [1.82, 2.24) is 5.32 Å². The molecule has 1 aliphatic heterocycles. The average molecular weight is 231 g/mol. The Bertz CT molecular complexity index is 306. The summed E-state index contributed by atoms with van der Waals surface area (Å²) < 4.78 is 4.58. The smallest absolute Gasteiger partial charge is 0.324 e. The number of ether oxygens (including phenoxy) is 1. The Morgan fingerprint density at radius 2 is 2.27 bits per heavy atom. The first-order valence-electron chi connectivity index (χ1n) is 4.50. The minimum Gasteiger partial charge on any atom is -0.480 e. The van der Waals surface area contributed by atoms with Crippen molar-refractivity contribution < 1.29 is 19.4 Å². The Hall–Kier alpha value is -1.01. The van der Waals surface area contributed by atoms with Gasteiger partial charge < -0.3 is 9.84 Å². The Labute approximate surface area is 92.8 Å². The van der Waals surface area contributed by atoms with Crippen molar-refractivity contribution in [3.05, 3.63) is 0 Å². The first-order chi connectivity index (χ1) is 6.95. The maximum atomic E-state index is 11.4. The molecule has 0 spiro atoms. The van der Waals surface area contributed by atoms with E-state index >= 15 is 0 Å². The third kappa shape index (κ3) is 2.00. The van der Waals surface area contributed by atoms with Crippen molar-refractivity contribution in [2.45, 2.75) is 24.9 Å².